The van der Waals surface area contributed by atoms with Gasteiger partial charge in [0.1, 0.15) is 23.6 Å². The number of rotatable bonds is 6. The third-order valence-electron chi connectivity index (χ3n) is 6.37. The van der Waals surface area contributed by atoms with E-state index in [9.17, 15) is 37.1 Å². The number of nitrogens with two attached hydrogens (primary N) is 1. The van der Waals surface area contributed by atoms with Gasteiger partial charge < -0.3 is 25.8 Å². The lowest BCUT2D eigenvalue weighted by Crippen LogP contribution is -2.56. The molecule has 3 atom stereocenters. The summed E-state index contributed by atoms with van der Waals surface area (Å²) in [4.78, 5) is 46.1. The van der Waals surface area contributed by atoms with Crippen LogP contribution in [0.4, 0.5) is 23.4 Å². The predicted molar refractivity (Wildman–Crippen MR) is 127 cm³/mol. The molecule has 0 radical (unpaired) electrons. The number of hydrogen-bond donors (Lipinski definition) is 3. The minimum atomic E-state index is -5.28. The largest absolute Gasteiger partial charge is 0.480 e. The number of ketones is 1. The second-order valence-corrected chi connectivity index (χ2v) is 9.06. The van der Waals surface area contributed by atoms with Crippen LogP contribution in [0.1, 0.15) is 34.6 Å². The van der Waals surface area contributed by atoms with E-state index in [1.165, 1.54) is 43.2 Å². The number of Topliss-reactive ketones (excluding diaryl/α,β-unsaturated/α-hetero) is 1. The number of nitrogens with zero attached hydrogens (tertiary/aromatic N) is 5. The highest BCUT2D eigenvalue weighted by Crippen LogP contribution is 2.33. The van der Waals surface area contributed by atoms with Gasteiger partial charge in [-0.15, -0.1) is 0 Å². The van der Waals surface area contributed by atoms with E-state index in [0.717, 1.165) is 0 Å². The summed E-state index contributed by atoms with van der Waals surface area (Å²) in [6.07, 6.45) is -4.69. The van der Waals surface area contributed by atoms with Crippen LogP contribution in [-0.2, 0) is 4.79 Å². The van der Waals surface area contributed by atoms with E-state index in [-0.39, 0.29) is 41.0 Å². The first-order valence-corrected chi connectivity index (χ1v) is 11.4. The molecule has 1 fully saturated rings. The number of halogens is 4. The number of anilines is 1. The van der Waals surface area contributed by atoms with Gasteiger partial charge in [-0.05, 0) is 26.0 Å². The van der Waals surface area contributed by atoms with Gasteiger partial charge in [-0.25, -0.2) is 18.9 Å². The molecule has 4 heterocycles. The average molecular weight is 553 g/mol. The van der Waals surface area contributed by atoms with Gasteiger partial charge in [-0.3, -0.25) is 14.4 Å². The minimum absolute atomic E-state index is 0.0414. The summed E-state index contributed by atoms with van der Waals surface area (Å²) in [6, 6.07) is 1.44. The van der Waals surface area contributed by atoms with Crippen LogP contribution in [0, 0.1) is 0 Å². The molecule has 3 aromatic rings. The Bertz CT molecular complexity index is 1470. The first-order valence-electron chi connectivity index (χ1n) is 11.4. The molecule has 39 heavy (non-hydrogen) atoms. The molecule has 1 aliphatic heterocycles. The van der Waals surface area contributed by atoms with Gasteiger partial charge in [-0.1, -0.05) is 0 Å². The second kappa shape index (κ2) is 9.76. The number of nitrogen functional groups attached to an aromatic ring is 1. The number of fused-ring (bicyclic) bond motifs is 1. The van der Waals surface area contributed by atoms with Gasteiger partial charge in [0.15, 0.2) is 11.6 Å². The molecule has 0 bridgehead atoms. The lowest BCUT2D eigenvalue weighted by atomic mass is 10.1. The summed E-state index contributed by atoms with van der Waals surface area (Å²) in [5.74, 6) is -3.07. The number of aromatic nitrogens is 4. The van der Waals surface area contributed by atoms with Crippen LogP contribution in [0.2, 0.25) is 0 Å². The zero-order chi connectivity index (χ0) is 28.9. The van der Waals surface area contributed by atoms with E-state index < -0.39 is 48.9 Å². The molecule has 1 unspecified atom stereocenters. The Kier molecular flexibility index (Phi) is 6.93. The van der Waals surface area contributed by atoms with Crippen LogP contribution in [-0.4, -0.2) is 91.4 Å². The quantitative estimate of drug-likeness (QED) is 0.300. The SMILES string of the molecule is COc1ncc(-c2cc(C(C)=O)c3c(N)ncnn23)cc1C(=O)N[C@@H]1CN(C(=O)C(C)(O)C(F)(F)F)C[C@@H]1F. The fourth-order valence-corrected chi connectivity index (χ4v) is 4.20. The van der Waals surface area contributed by atoms with Crippen LogP contribution in [0.5, 0.6) is 5.88 Å². The highest BCUT2D eigenvalue weighted by atomic mass is 19.4. The monoisotopic (exact) mass is 553 g/mol. The van der Waals surface area contributed by atoms with Crippen LogP contribution in [0.25, 0.3) is 16.8 Å². The maximum Gasteiger partial charge on any atom is 0.426 e. The third-order valence-corrected chi connectivity index (χ3v) is 6.37. The van der Waals surface area contributed by atoms with Crippen molar-refractivity contribution in [2.24, 2.45) is 0 Å². The first-order chi connectivity index (χ1) is 18.2. The van der Waals surface area contributed by atoms with Gasteiger partial charge in [0.2, 0.25) is 11.5 Å². The summed E-state index contributed by atoms with van der Waals surface area (Å²) in [5.41, 5.74) is 3.12. The standard InChI is InChI=1S/C23H23F4N7O5/c1-10(35)12-5-16(34-17(12)18(28)30-9-31-34)11-4-13(20(39-3)29-6-11)19(36)32-15-8-33(7-14(15)24)21(37)22(2,38)23(25,26)27/h4-6,9,14-15,38H,7-8H2,1-3H3,(H,32,36)(H2,28,30,31)/t14-,15+,22?/m0/s1. The number of nitrogens with one attached hydrogen (secondary N) is 1. The average Bonchev–Trinajstić information content (AvgIpc) is 3.44. The lowest BCUT2D eigenvalue weighted by Gasteiger charge is -2.29. The molecule has 16 heteroatoms. The van der Waals surface area contributed by atoms with Crippen LogP contribution >= 0.6 is 0 Å². The van der Waals surface area contributed by atoms with E-state index in [2.05, 4.69) is 20.4 Å². The zero-order valence-electron chi connectivity index (χ0n) is 20.8. The Morgan fingerprint density at radius 2 is 1.87 bits per heavy atom. The molecular formula is C23H23F4N7O5. The van der Waals surface area contributed by atoms with Gasteiger partial charge in [0, 0.05) is 23.9 Å². The minimum Gasteiger partial charge on any atom is -0.480 e. The van der Waals surface area contributed by atoms with Crippen molar-refractivity contribution in [1.29, 1.82) is 0 Å². The molecule has 4 N–H and O–H groups in total. The molecule has 3 aromatic heterocycles. The van der Waals surface area contributed by atoms with Crippen LogP contribution < -0.4 is 15.8 Å². The smallest absolute Gasteiger partial charge is 0.426 e. The van der Waals surface area contributed by atoms with Crippen molar-refractivity contribution >= 4 is 28.9 Å². The predicted octanol–water partition coefficient (Wildman–Crippen LogP) is 1.18. The Hall–Kier alpha value is -4.34. The van der Waals surface area contributed by atoms with Crippen molar-refractivity contribution in [2.45, 2.75) is 37.8 Å². The van der Waals surface area contributed by atoms with Crippen LogP contribution in [0.15, 0.2) is 24.7 Å². The fraction of sp³-hybridized carbons (Fsp3) is 0.391. The van der Waals surface area contributed by atoms with Crippen molar-refractivity contribution in [2.75, 3.05) is 25.9 Å². The molecule has 1 saturated heterocycles. The van der Waals surface area contributed by atoms with Gasteiger partial charge in [-0.2, -0.15) is 18.3 Å². The second-order valence-electron chi connectivity index (χ2n) is 9.06. The van der Waals surface area contributed by atoms with Crippen molar-refractivity contribution in [3.63, 3.8) is 0 Å². The number of alkyl halides is 4. The van der Waals surface area contributed by atoms with Crippen molar-refractivity contribution in [3.05, 3.63) is 35.8 Å². The highest BCUT2D eigenvalue weighted by Gasteiger charge is 2.58. The molecule has 0 saturated carbocycles. The third kappa shape index (κ3) is 4.82. The first kappa shape index (κ1) is 27.7. The van der Waals surface area contributed by atoms with E-state index >= 15 is 0 Å². The van der Waals surface area contributed by atoms with Crippen molar-refractivity contribution in [1.82, 2.24) is 29.8 Å². The molecule has 0 aliphatic carbocycles. The number of likely N-dealkylation sites (tertiary alicyclic amines) is 1. The summed E-state index contributed by atoms with van der Waals surface area (Å²) >= 11 is 0. The molecule has 1 aliphatic rings. The summed E-state index contributed by atoms with van der Waals surface area (Å²) in [5, 5.41) is 16.1. The van der Waals surface area contributed by atoms with E-state index in [1.54, 1.807) is 0 Å². The van der Waals surface area contributed by atoms with E-state index in [4.69, 9.17) is 10.5 Å². The number of carbonyl (C=O) groups excluding carboxylic acids is 3. The molecular weight excluding hydrogens is 530 g/mol. The Balaban J connectivity index is 1.64. The highest BCUT2D eigenvalue weighted by molar-refractivity contribution is 6.05. The zero-order valence-corrected chi connectivity index (χ0v) is 20.8. The lowest BCUT2D eigenvalue weighted by molar-refractivity contribution is -0.249. The maximum absolute atomic E-state index is 14.7. The number of amides is 2. The van der Waals surface area contributed by atoms with Crippen LogP contribution in [0.3, 0.4) is 0 Å². The molecule has 4 rings (SSSR count). The molecule has 208 valence electrons. The van der Waals surface area contributed by atoms with Gasteiger partial charge in [0.25, 0.3) is 11.8 Å². The normalized spacial score (nSPS) is 19.1. The summed E-state index contributed by atoms with van der Waals surface area (Å²) < 4.78 is 60.4. The molecule has 12 nitrogen and oxygen atoms in total. The number of carbonyl (C=O) groups is 3. The Labute approximate surface area is 217 Å². The van der Waals surface area contributed by atoms with Crippen molar-refractivity contribution in [3.8, 4) is 17.1 Å². The Morgan fingerprint density at radius 3 is 2.49 bits per heavy atom. The number of aliphatic hydroxyl groups is 1. The molecule has 2 amide bonds. The number of ether oxygens (including phenoxy) is 1. The van der Waals surface area contributed by atoms with E-state index in [0.29, 0.717) is 16.2 Å². The fourth-order valence-electron chi connectivity index (χ4n) is 4.20. The number of hydrogen-bond acceptors (Lipinski definition) is 9. The van der Waals surface area contributed by atoms with E-state index in [1.807, 2.05) is 0 Å². The topological polar surface area (TPSA) is 165 Å². The Morgan fingerprint density at radius 1 is 1.18 bits per heavy atom. The summed E-state index contributed by atoms with van der Waals surface area (Å²) in [6.45, 7) is 0.219. The summed E-state index contributed by atoms with van der Waals surface area (Å²) in [7, 11) is 1.24. The van der Waals surface area contributed by atoms with Crippen molar-refractivity contribution < 1.29 is 41.8 Å². The molecule has 0 aromatic carbocycles. The maximum atomic E-state index is 14.7. The molecule has 0 spiro atoms. The number of pyridine rings is 1. The van der Waals surface area contributed by atoms with Gasteiger partial charge >= 0.3 is 6.18 Å². The number of methoxy groups -OCH3 is 1. The van der Waals surface area contributed by atoms with Gasteiger partial charge in [0.05, 0.1) is 25.4 Å².